The van der Waals surface area contributed by atoms with Gasteiger partial charge in [0.15, 0.2) is 0 Å². The van der Waals surface area contributed by atoms with Gasteiger partial charge in [0.25, 0.3) is 0 Å². The van der Waals surface area contributed by atoms with Crippen LogP contribution in [0.25, 0.3) is 71.2 Å². The largest absolute Gasteiger partial charge is 0.309 e. The number of benzene rings is 6. The van der Waals surface area contributed by atoms with Gasteiger partial charge in [0, 0.05) is 39.6 Å². The van der Waals surface area contributed by atoms with E-state index in [0.29, 0.717) is 0 Å². The summed E-state index contributed by atoms with van der Waals surface area (Å²) < 4.78 is 2.36. The van der Waals surface area contributed by atoms with Crippen molar-refractivity contribution in [3.05, 3.63) is 128 Å². The first kappa shape index (κ1) is 20.2. The van der Waals surface area contributed by atoms with Crippen molar-refractivity contribution < 1.29 is 0 Å². The van der Waals surface area contributed by atoms with Gasteiger partial charge in [0.1, 0.15) is 0 Å². The van der Waals surface area contributed by atoms with E-state index < -0.39 is 0 Å². The average Bonchev–Trinajstić information content (AvgIpc) is 3.32. The van der Waals surface area contributed by atoms with Crippen molar-refractivity contribution in [2.75, 3.05) is 0 Å². The number of nitrogens with zero attached hydrogens (tertiary/aromatic N) is 3. The molecule has 0 unspecified atom stereocenters. The maximum atomic E-state index is 4.75. The van der Waals surface area contributed by atoms with Gasteiger partial charge in [-0.25, -0.2) is 0 Å². The van der Waals surface area contributed by atoms with Crippen LogP contribution in [0.3, 0.4) is 0 Å². The third kappa shape index (κ3) is 2.95. The summed E-state index contributed by atoms with van der Waals surface area (Å²) in [4.78, 5) is 9.46. The third-order valence-corrected chi connectivity index (χ3v) is 7.46. The quantitative estimate of drug-likeness (QED) is 0.236. The highest BCUT2D eigenvalue weighted by Crippen LogP contribution is 2.37. The maximum absolute atomic E-state index is 4.75. The van der Waals surface area contributed by atoms with Crippen LogP contribution in [-0.2, 0) is 0 Å². The first-order chi connectivity index (χ1) is 18.4. The van der Waals surface area contributed by atoms with Crippen LogP contribution < -0.4 is 0 Å². The van der Waals surface area contributed by atoms with Crippen molar-refractivity contribution in [1.82, 2.24) is 14.5 Å². The molecule has 2 aromatic heterocycles. The number of rotatable bonds is 2. The Hall–Kier alpha value is -5.02. The molecule has 0 aliphatic heterocycles. The van der Waals surface area contributed by atoms with Gasteiger partial charge in [-0.15, -0.1) is 0 Å². The summed E-state index contributed by atoms with van der Waals surface area (Å²) >= 11 is 0. The van der Waals surface area contributed by atoms with Crippen LogP contribution in [0.5, 0.6) is 0 Å². The van der Waals surface area contributed by atoms with Gasteiger partial charge in [-0.3, -0.25) is 9.97 Å². The molecule has 0 saturated heterocycles. The van der Waals surface area contributed by atoms with Gasteiger partial charge < -0.3 is 4.57 Å². The Morgan fingerprint density at radius 2 is 0.973 bits per heavy atom. The van der Waals surface area contributed by atoms with Crippen molar-refractivity contribution in [3.63, 3.8) is 0 Å². The standard InChI is InChI=1S/C34H21N3/c1-2-13-29-25(10-1)26-17-16-23(21-30(26)34-33(29)35-18-19-36-34)22-8-7-9-24(20-22)37-31-14-5-3-11-27(31)28-12-4-6-15-32(28)37/h1-21H. The van der Waals surface area contributed by atoms with E-state index in [0.717, 1.165) is 33.1 Å². The Labute approximate surface area is 213 Å². The zero-order valence-corrected chi connectivity index (χ0v) is 20.0. The predicted octanol–water partition coefficient (Wildman–Crippen LogP) is 8.70. The monoisotopic (exact) mass is 471 g/mol. The SMILES string of the molecule is c1cc(-c2ccc3c4ccccc4c4nccnc4c3c2)cc(-n2c3ccccc3c3ccccc32)c1. The Morgan fingerprint density at radius 1 is 0.405 bits per heavy atom. The number of hydrogen-bond donors (Lipinski definition) is 0. The molecule has 0 spiro atoms. The van der Waals surface area contributed by atoms with Crippen LogP contribution in [0, 0.1) is 0 Å². The molecule has 0 saturated carbocycles. The smallest absolute Gasteiger partial charge is 0.0971 e. The highest BCUT2D eigenvalue weighted by molar-refractivity contribution is 6.23. The zero-order chi connectivity index (χ0) is 24.3. The molecule has 0 radical (unpaired) electrons. The average molecular weight is 472 g/mol. The molecular formula is C34H21N3. The fourth-order valence-electron chi connectivity index (χ4n) is 5.84. The molecular weight excluding hydrogens is 450 g/mol. The van der Waals surface area contributed by atoms with Gasteiger partial charge in [0.05, 0.1) is 22.1 Å². The summed E-state index contributed by atoms with van der Waals surface area (Å²) in [5.74, 6) is 0. The summed E-state index contributed by atoms with van der Waals surface area (Å²) in [6.45, 7) is 0. The van der Waals surface area contributed by atoms with Crippen LogP contribution in [0.1, 0.15) is 0 Å². The van der Waals surface area contributed by atoms with Crippen molar-refractivity contribution in [1.29, 1.82) is 0 Å². The molecule has 6 aromatic carbocycles. The van der Waals surface area contributed by atoms with Crippen molar-refractivity contribution in [2.45, 2.75) is 0 Å². The molecule has 2 heterocycles. The molecule has 8 rings (SSSR count). The van der Waals surface area contributed by atoms with Crippen molar-refractivity contribution in [3.8, 4) is 16.8 Å². The Kier molecular flexibility index (Phi) is 4.23. The summed E-state index contributed by atoms with van der Waals surface area (Å²) in [6, 6.07) is 41.3. The lowest BCUT2D eigenvalue weighted by Crippen LogP contribution is -1.94. The van der Waals surface area contributed by atoms with Gasteiger partial charge in [-0.05, 0) is 52.2 Å². The van der Waals surface area contributed by atoms with E-state index in [1.807, 2.05) is 0 Å². The van der Waals surface area contributed by atoms with Crippen LogP contribution in [-0.4, -0.2) is 14.5 Å². The minimum absolute atomic E-state index is 0.941. The fraction of sp³-hybridized carbons (Fsp3) is 0. The molecule has 0 bridgehead atoms. The summed E-state index contributed by atoms with van der Waals surface area (Å²) in [5.41, 5.74) is 7.81. The lowest BCUT2D eigenvalue weighted by atomic mass is 9.95. The van der Waals surface area contributed by atoms with Crippen molar-refractivity contribution >= 4 is 54.4 Å². The van der Waals surface area contributed by atoms with Crippen molar-refractivity contribution in [2.24, 2.45) is 0 Å². The minimum Gasteiger partial charge on any atom is -0.309 e. The maximum Gasteiger partial charge on any atom is 0.0971 e. The molecule has 3 nitrogen and oxygen atoms in total. The molecule has 0 fully saturated rings. The molecule has 0 amide bonds. The molecule has 0 aliphatic rings. The van der Waals surface area contributed by atoms with E-state index in [1.54, 1.807) is 12.4 Å². The van der Waals surface area contributed by atoms with E-state index >= 15 is 0 Å². The highest BCUT2D eigenvalue weighted by atomic mass is 15.0. The second kappa shape index (κ2) is 7.74. The summed E-state index contributed by atoms with van der Waals surface area (Å²) in [5, 5.41) is 7.21. The van der Waals surface area contributed by atoms with E-state index in [1.165, 1.54) is 38.1 Å². The third-order valence-electron chi connectivity index (χ3n) is 7.46. The summed E-state index contributed by atoms with van der Waals surface area (Å²) in [7, 11) is 0. The van der Waals surface area contributed by atoms with Crippen LogP contribution in [0.15, 0.2) is 128 Å². The van der Waals surface area contributed by atoms with Gasteiger partial charge in [0.2, 0.25) is 0 Å². The van der Waals surface area contributed by atoms with E-state index in [-0.39, 0.29) is 0 Å². The zero-order valence-electron chi connectivity index (χ0n) is 20.0. The topological polar surface area (TPSA) is 30.7 Å². The second-order valence-electron chi connectivity index (χ2n) is 9.48. The number of fused-ring (bicyclic) bond motifs is 9. The van der Waals surface area contributed by atoms with E-state index in [4.69, 9.17) is 9.97 Å². The molecule has 0 atom stereocenters. The highest BCUT2D eigenvalue weighted by Gasteiger charge is 2.14. The van der Waals surface area contributed by atoms with Crippen LogP contribution in [0.2, 0.25) is 0 Å². The predicted molar refractivity (Wildman–Crippen MR) is 154 cm³/mol. The molecule has 0 aliphatic carbocycles. The first-order valence-electron chi connectivity index (χ1n) is 12.5. The number of aromatic nitrogens is 3. The molecule has 3 heteroatoms. The lowest BCUT2D eigenvalue weighted by molar-refractivity contribution is 1.18. The Bertz CT molecular complexity index is 2060. The number of para-hydroxylation sites is 2. The lowest BCUT2D eigenvalue weighted by Gasteiger charge is -2.12. The molecule has 8 aromatic rings. The van der Waals surface area contributed by atoms with E-state index in [9.17, 15) is 0 Å². The van der Waals surface area contributed by atoms with Crippen LogP contribution >= 0.6 is 0 Å². The first-order valence-corrected chi connectivity index (χ1v) is 12.5. The molecule has 172 valence electrons. The van der Waals surface area contributed by atoms with Gasteiger partial charge >= 0.3 is 0 Å². The Balaban J connectivity index is 1.38. The molecule has 0 N–H and O–H groups in total. The number of hydrogen-bond acceptors (Lipinski definition) is 2. The Morgan fingerprint density at radius 3 is 1.70 bits per heavy atom. The van der Waals surface area contributed by atoms with Crippen LogP contribution in [0.4, 0.5) is 0 Å². The minimum atomic E-state index is 0.941. The van der Waals surface area contributed by atoms with Gasteiger partial charge in [-0.1, -0.05) is 84.9 Å². The fourth-order valence-corrected chi connectivity index (χ4v) is 5.84. The second-order valence-corrected chi connectivity index (χ2v) is 9.48. The van der Waals surface area contributed by atoms with E-state index in [2.05, 4.69) is 120 Å². The molecule has 37 heavy (non-hydrogen) atoms. The van der Waals surface area contributed by atoms with Gasteiger partial charge in [-0.2, -0.15) is 0 Å². The summed E-state index contributed by atoms with van der Waals surface area (Å²) in [6.07, 6.45) is 3.56. The normalized spacial score (nSPS) is 11.8.